The van der Waals surface area contributed by atoms with Gasteiger partial charge in [0.15, 0.2) is 6.10 Å². The van der Waals surface area contributed by atoms with Crippen molar-refractivity contribution in [2.24, 2.45) is 0 Å². The van der Waals surface area contributed by atoms with E-state index >= 15 is 0 Å². The molecular weight excluding hydrogens is 265 g/mol. The molecule has 0 heterocycles. The molecule has 19 heavy (non-hydrogen) atoms. The van der Waals surface area contributed by atoms with Gasteiger partial charge in [0.25, 0.3) is 0 Å². The summed E-state index contributed by atoms with van der Waals surface area (Å²) in [6, 6.07) is 3.07. The van der Waals surface area contributed by atoms with Crippen molar-refractivity contribution in [1.29, 1.82) is 0 Å². The molecule has 106 valence electrons. The molecular formula is C12H13F3O4. The predicted octanol–water partition coefficient (Wildman–Crippen LogP) is 1.58. The summed E-state index contributed by atoms with van der Waals surface area (Å²) in [5.41, 5.74) is -1.16. The molecule has 0 aliphatic rings. The Bertz CT molecular complexity index is 471. The predicted molar refractivity (Wildman–Crippen MR) is 59.2 cm³/mol. The first-order valence-electron chi connectivity index (χ1n) is 5.30. The zero-order valence-electron chi connectivity index (χ0n) is 10.2. The van der Waals surface area contributed by atoms with E-state index in [-0.39, 0.29) is 11.1 Å². The molecule has 0 aliphatic heterocycles. The van der Waals surface area contributed by atoms with E-state index < -0.39 is 29.9 Å². The first-order chi connectivity index (χ1) is 8.68. The smallest absolute Gasteiger partial charge is 0.416 e. The second-order valence-corrected chi connectivity index (χ2v) is 3.98. The summed E-state index contributed by atoms with van der Waals surface area (Å²) in [5, 5.41) is 19.1. The van der Waals surface area contributed by atoms with Crippen LogP contribution in [0.3, 0.4) is 0 Å². The molecule has 0 amide bonds. The third kappa shape index (κ3) is 3.45. The van der Waals surface area contributed by atoms with Crippen molar-refractivity contribution in [3.8, 4) is 0 Å². The zero-order valence-corrected chi connectivity index (χ0v) is 10.2. The van der Waals surface area contributed by atoms with Crippen molar-refractivity contribution in [3.63, 3.8) is 0 Å². The fraction of sp³-hybridized carbons (Fsp3) is 0.417. The van der Waals surface area contributed by atoms with Crippen LogP contribution in [0.1, 0.15) is 22.8 Å². The minimum Gasteiger partial charge on any atom is -0.467 e. The van der Waals surface area contributed by atoms with Gasteiger partial charge < -0.3 is 14.9 Å². The summed E-state index contributed by atoms with van der Waals surface area (Å²) in [4.78, 5) is 11.0. The number of esters is 1. The molecule has 2 atom stereocenters. The van der Waals surface area contributed by atoms with Crippen molar-refractivity contribution in [1.82, 2.24) is 0 Å². The maximum Gasteiger partial charge on any atom is 0.416 e. The Kier molecular flexibility index (Phi) is 4.54. The lowest BCUT2D eigenvalue weighted by molar-refractivity contribution is -0.156. The first kappa shape index (κ1) is 15.5. The molecule has 0 radical (unpaired) electrons. The normalized spacial score (nSPS) is 14.9. The van der Waals surface area contributed by atoms with Crippen LogP contribution in [0, 0.1) is 6.92 Å². The first-order valence-corrected chi connectivity index (χ1v) is 5.30. The number of hydrogen-bond acceptors (Lipinski definition) is 4. The van der Waals surface area contributed by atoms with Crippen molar-refractivity contribution in [2.45, 2.75) is 25.3 Å². The lowest BCUT2D eigenvalue weighted by Crippen LogP contribution is -2.29. The topological polar surface area (TPSA) is 66.8 Å². The highest BCUT2D eigenvalue weighted by Crippen LogP contribution is 2.33. The van der Waals surface area contributed by atoms with E-state index in [4.69, 9.17) is 0 Å². The van der Waals surface area contributed by atoms with Crippen molar-refractivity contribution in [2.75, 3.05) is 7.11 Å². The summed E-state index contributed by atoms with van der Waals surface area (Å²) in [7, 11) is 0.995. The van der Waals surface area contributed by atoms with Crippen LogP contribution in [-0.4, -0.2) is 29.4 Å². The molecule has 0 aromatic heterocycles. The zero-order chi connectivity index (χ0) is 14.8. The average molecular weight is 278 g/mol. The molecule has 2 N–H and O–H groups in total. The van der Waals surface area contributed by atoms with Crippen LogP contribution in [0.2, 0.25) is 0 Å². The molecule has 0 fully saturated rings. The number of hydrogen-bond donors (Lipinski definition) is 2. The number of rotatable bonds is 3. The van der Waals surface area contributed by atoms with Gasteiger partial charge >= 0.3 is 12.1 Å². The number of halogens is 3. The number of carbonyl (C=O) groups excluding carboxylic acids is 1. The summed E-state index contributed by atoms with van der Waals surface area (Å²) < 4.78 is 42.3. The van der Waals surface area contributed by atoms with Gasteiger partial charge in [0.05, 0.1) is 12.7 Å². The monoisotopic (exact) mass is 278 g/mol. The van der Waals surface area contributed by atoms with Crippen LogP contribution in [0.5, 0.6) is 0 Å². The molecule has 0 saturated heterocycles. The molecule has 0 aliphatic carbocycles. The van der Waals surface area contributed by atoms with Gasteiger partial charge in [-0.1, -0.05) is 12.1 Å². The SMILES string of the molecule is COC(=O)C(O)C(O)c1ccc(C)c(C(F)(F)F)c1. The van der Waals surface area contributed by atoms with Gasteiger partial charge in [-0.25, -0.2) is 4.79 Å². The highest BCUT2D eigenvalue weighted by atomic mass is 19.4. The summed E-state index contributed by atoms with van der Waals surface area (Å²) in [5.74, 6) is -1.12. The van der Waals surface area contributed by atoms with Gasteiger partial charge in [0.1, 0.15) is 6.10 Å². The Labute approximate surface area is 107 Å². The minimum atomic E-state index is -4.57. The minimum absolute atomic E-state index is 0.0176. The second-order valence-electron chi connectivity index (χ2n) is 3.98. The Hall–Kier alpha value is -1.60. The molecule has 0 saturated carbocycles. The number of aryl methyl sites for hydroxylation is 1. The lowest BCUT2D eigenvalue weighted by atomic mass is 9.98. The molecule has 2 unspecified atom stereocenters. The summed E-state index contributed by atoms with van der Waals surface area (Å²) in [6.45, 7) is 1.27. The quantitative estimate of drug-likeness (QED) is 0.824. The Morgan fingerprint density at radius 1 is 1.32 bits per heavy atom. The number of methoxy groups -OCH3 is 1. The highest BCUT2D eigenvalue weighted by Gasteiger charge is 2.34. The molecule has 7 heteroatoms. The summed E-state index contributed by atoms with van der Waals surface area (Å²) in [6.07, 6.45) is -8.29. The maximum absolute atomic E-state index is 12.7. The Morgan fingerprint density at radius 3 is 2.37 bits per heavy atom. The number of aliphatic hydroxyl groups excluding tert-OH is 2. The van der Waals surface area contributed by atoms with Crippen molar-refractivity contribution < 1.29 is 32.9 Å². The lowest BCUT2D eigenvalue weighted by Gasteiger charge is -2.18. The van der Waals surface area contributed by atoms with E-state index in [1.54, 1.807) is 0 Å². The third-order valence-corrected chi connectivity index (χ3v) is 2.65. The number of benzene rings is 1. The van der Waals surface area contributed by atoms with Gasteiger partial charge in [-0.15, -0.1) is 0 Å². The molecule has 0 bridgehead atoms. The molecule has 1 aromatic rings. The highest BCUT2D eigenvalue weighted by molar-refractivity contribution is 5.75. The van der Waals surface area contributed by atoms with Crippen LogP contribution >= 0.6 is 0 Å². The van der Waals surface area contributed by atoms with Crippen LogP contribution in [0.4, 0.5) is 13.2 Å². The van der Waals surface area contributed by atoms with Crippen LogP contribution in [-0.2, 0) is 15.7 Å². The van der Waals surface area contributed by atoms with Gasteiger partial charge in [-0.05, 0) is 24.1 Å². The van der Waals surface area contributed by atoms with E-state index in [0.717, 1.165) is 13.2 Å². The van der Waals surface area contributed by atoms with Gasteiger partial charge in [-0.2, -0.15) is 13.2 Å². The largest absolute Gasteiger partial charge is 0.467 e. The third-order valence-electron chi connectivity index (χ3n) is 2.65. The van der Waals surface area contributed by atoms with E-state index in [9.17, 15) is 28.2 Å². The fourth-order valence-corrected chi connectivity index (χ4v) is 1.56. The van der Waals surface area contributed by atoms with E-state index in [1.807, 2.05) is 0 Å². The maximum atomic E-state index is 12.7. The van der Waals surface area contributed by atoms with Gasteiger partial charge in [0, 0.05) is 0 Å². The second kappa shape index (κ2) is 5.58. The molecule has 1 aromatic carbocycles. The molecule has 1 rings (SSSR count). The van der Waals surface area contributed by atoms with Gasteiger partial charge in [0.2, 0.25) is 0 Å². The Balaban J connectivity index is 3.12. The van der Waals surface area contributed by atoms with E-state index in [2.05, 4.69) is 4.74 Å². The van der Waals surface area contributed by atoms with Crippen molar-refractivity contribution in [3.05, 3.63) is 34.9 Å². The fourth-order valence-electron chi connectivity index (χ4n) is 1.56. The van der Waals surface area contributed by atoms with E-state index in [1.165, 1.54) is 13.0 Å². The summed E-state index contributed by atoms with van der Waals surface area (Å²) >= 11 is 0. The Morgan fingerprint density at radius 2 is 1.89 bits per heavy atom. The number of ether oxygens (including phenoxy) is 1. The number of aliphatic hydroxyl groups is 2. The number of alkyl halides is 3. The molecule has 4 nitrogen and oxygen atoms in total. The van der Waals surface area contributed by atoms with E-state index in [0.29, 0.717) is 6.07 Å². The van der Waals surface area contributed by atoms with Crippen LogP contribution in [0.25, 0.3) is 0 Å². The van der Waals surface area contributed by atoms with Gasteiger partial charge in [-0.3, -0.25) is 0 Å². The van der Waals surface area contributed by atoms with Crippen LogP contribution < -0.4 is 0 Å². The van der Waals surface area contributed by atoms with Crippen molar-refractivity contribution >= 4 is 5.97 Å². The van der Waals surface area contributed by atoms with Crippen LogP contribution in [0.15, 0.2) is 18.2 Å². The standard InChI is InChI=1S/C12H13F3O4/c1-6-3-4-7(5-8(6)12(13,14)15)9(16)10(17)11(18)19-2/h3-5,9-10,16-17H,1-2H3. The molecule has 0 spiro atoms. The average Bonchev–Trinajstić information content (AvgIpc) is 2.35. The number of carbonyl (C=O) groups is 1.